The van der Waals surface area contributed by atoms with Crippen LogP contribution in [0.5, 0.6) is 0 Å². The molecule has 1 saturated carbocycles. The molecule has 1 rings (SSSR count). The fraction of sp³-hybridized carbons (Fsp3) is 0.583. The average Bonchev–Trinajstić information content (AvgIpc) is 2.43. The summed E-state index contributed by atoms with van der Waals surface area (Å²) in [6, 6.07) is 1.19. The number of esters is 1. The Morgan fingerprint density at radius 1 is 1.26 bits per heavy atom. The number of nitrogens with zero attached hydrogens (tertiary/aromatic N) is 3. The summed E-state index contributed by atoms with van der Waals surface area (Å²) in [4.78, 5) is 13.8. The maximum absolute atomic E-state index is 12.4. The van der Waals surface area contributed by atoms with Crippen LogP contribution in [0.2, 0.25) is 0 Å². The van der Waals surface area contributed by atoms with Gasteiger partial charge in [0.15, 0.2) is 6.07 Å². The van der Waals surface area contributed by atoms with Crippen LogP contribution in [0, 0.1) is 17.2 Å². The van der Waals surface area contributed by atoms with Crippen molar-refractivity contribution in [1.82, 2.24) is 0 Å². The predicted octanol–water partition coefficient (Wildman–Crippen LogP) is 4.49. The average molecular weight is 359 g/mol. The summed E-state index contributed by atoms with van der Waals surface area (Å²) in [6.07, 6.45) is 1.44. The van der Waals surface area contributed by atoms with E-state index in [9.17, 15) is 24.2 Å². The van der Waals surface area contributed by atoms with E-state index in [2.05, 4.69) is 9.53 Å². The summed E-state index contributed by atoms with van der Waals surface area (Å²) in [6.45, 7) is 0. The normalized spacial score (nSPS) is 20.7. The largest absolute Gasteiger partial charge is 0.475 e. The van der Waals surface area contributed by atoms with Gasteiger partial charge in [-0.3, -0.25) is 0 Å². The second kappa shape index (κ2) is 5.94. The first-order valence-corrected chi connectivity index (χ1v) is 8.63. The molecular formula is C12H14F5N3O2S. The lowest BCUT2D eigenvalue weighted by atomic mass is 9.85. The molecule has 0 radical (unpaired) electrons. The van der Waals surface area contributed by atoms with E-state index in [1.807, 2.05) is 0 Å². The van der Waals surface area contributed by atoms with E-state index in [1.165, 1.54) is 6.07 Å². The van der Waals surface area contributed by atoms with E-state index in [0.29, 0.717) is 25.7 Å². The minimum Gasteiger partial charge on any atom is -0.448 e. The fourth-order valence-electron chi connectivity index (χ4n) is 2.27. The molecule has 0 spiro atoms. The molecule has 1 aliphatic carbocycles. The van der Waals surface area contributed by atoms with Crippen molar-refractivity contribution >= 4 is 21.9 Å². The molecule has 0 bridgehead atoms. The third-order valence-corrected chi connectivity index (χ3v) is 3.95. The summed E-state index contributed by atoms with van der Waals surface area (Å²) in [7, 11) is -9.80. The molecule has 0 aromatic heterocycles. The first-order valence-electron chi connectivity index (χ1n) is 6.61. The lowest BCUT2D eigenvalue weighted by Gasteiger charge is -2.37. The zero-order valence-electron chi connectivity index (χ0n) is 11.8. The highest BCUT2D eigenvalue weighted by Gasteiger charge is 2.60. The van der Waals surface area contributed by atoms with E-state index < -0.39 is 39.3 Å². The van der Waals surface area contributed by atoms with Crippen molar-refractivity contribution < 1.29 is 33.8 Å². The zero-order valence-corrected chi connectivity index (χ0v) is 12.6. The van der Waals surface area contributed by atoms with Gasteiger partial charge in [0.2, 0.25) is 0 Å². The first kappa shape index (κ1) is 19.1. The van der Waals surface area contributed by atoms with Crippen molar-refractivity contribution in [2.45, 2.75) is 38.2 Å². The summed E-state index contributed by atoms with van der Waals surface area (Å²) < 4.78 is 66.8. The van der Waals surface area contributed by atoms with E-state index in [-0.39, 0.29) is 6.08 Å². The molecule has 130 valence electrons. The van der Waals surface area contributed by atoms with Crippen LogP contribution in [0.4, 0.5) is 19.4 Å². The Balaban J connectivity index is 3.04. The van der Waals surface area contributed by atoms with Crippen LogP contribution in [0.3, 0.4) is 0 Å². The molecule has 1 aliphatic rings. The molecular weight excluding hydrogens is 345 g/mol. The topological polar surface area (TPSA) is 86.5 Å². The number of rotatable bonds is 5. The van der Waals surface area contributed by atoms with Crippen LogP contribution >= 0.6 is 10.2 Å². The number of carbonyl (C=O) groups excluding carboxylic acids is 1. The van der Waals surface area contributed by atoms with Crippen molar-refractivity contribution in [3.63, 3.8) is 0 Å². The number of hydrogen-bond donors (Lipinski definition) is 0. The van der Waals surface area contributed by atoms with Crippen molar-refractivity contribution in [2.75, 3.05) is 0 Å². The minimum atomic E-state index is -9.80. The molecule has 0 amide bonds. The molecule has 0 saturated heterocycles. The van der Waals surface area contributed by atoms with Crippen molar-refractivity contribution in [3.05, 3.63) is 17.0 Å². The molecule has 1 fully saturated rings. The maximum Gasteiger partial charge on any atom is 0.475 e. The van der Waals surface area contributed by atoms with E-state index >= 15 is 0 Å². The number of carbonyl (C=O) groups is 1. The molecule has 1 unspecified atom stereocenters. The Kier molecular flexibility index (Phi) is 4.94. The monoisotopic (exact) mass is 359 g/mol. The third-order valence-electron chi connectivity index (χ3n) is 3.28. The third kappa shape index (κ3) is 7.25. The highest BCUT2D eigenvalue weighted by atomic mass is 32.5. The summed E-state index contributed by atoms with van der Waals surface area (Å²) in [5.41, 5.74) is 7.34. The minimum absolute atomic E-state index is 0.0990. The van der Waals surface area contributed by atoms with Crippen LogP contribution in [0.1, 0.15) is 32.1 Å². The SMILES string of the molecule is N#CC(=[N+]=[N-])C(=O)OC(/C=C/S(F)(F)(F)(F)F)C1CCCCC1. The number of nitriles is 1. The molecule has 1 atom stereocenters. The summed E-state index contributed by atoms with van der Waals surface area (Å²) in [5.74, 6) is -2.06. The first-order chi connectivity index (χ1) is 10.3. The van der Waals surface area contributed by atoms with E-state index in [1.54, 1.807) is 0 Å². The van der Waals surface area contributed by atoms with Gasteiger partial charge in [0.05, 0.1) is 5.41 Å². The Bertz CT molecular complexity index is 598. The van der Waals surface area contributed by atoms with Crippen LogP contribution in [0.25, 0.3) is 5.53 Å². The fourth-order valence-corrected chi connectivity index (χ4v) is 2.72. The van der Waals surface area contributed by atoms with Gasteiger partial charge >= 0.3 is 21.9 Å². The van der Waals surface area contributed by atoms with Gasteiger partial charge in [0.1, 0.15) is 6.10 Å². The van der Waals surface area contributed by atoms with Gasteiger partial charge in [-0.05, 0) is 24.8 Å². The second-order valence-electron chi connectivity index (χ2n) is 5.19. The lowest BCUT2D eigenvalue weighted by Crippen LogP contribution is -2.30. The van der Waals surface area contributed by atoms with E-state index in [0.717, 1.165) is 6.42 Å². The molecule has 11 heteroatoms. The standard InChI is InChI=1S/C12H14F5N3O2S/c13-23(14,15,16,17)7-6-11(9-4-2-1-3-5-9)22-12(21)10(8-18)20-19/h6-7,9,11H,1-5H2/b7-6+. The Hall–Kier alpha value is -1.92. The quantitative estimate of drug-likeness (QED) is 0.238. The van der Waals surface area contributed by atoms with Crippen molar-refractivity contribution in [1.29, 1.82) is 5.26 Å². The number of ether oxygens (including phenoxy) is 1. The molecule has 0 aromatic rings. The molecule has 0 aromatic carbocycles. The van der Waals surface area contributed by atoms with Gasteiger partial charge in [-0.1, -0.05) is 38.7 Å². The van der Waals surface area contributed by atoms with Gasteiger partial charge in [-0.25, -0.2) is 4.79 Å². The van der Waals surface area contributed by atoms with Crippen LogP contribution in [-0.4, -0.2) is 22.6 Å². The van der Waals surface area contributed by atoms with Gasteiger partial charge in [-0.2, -0.15) is 5.26 Å². The van der Waals surface area contributed by atoms with Gasteiger partial charge < -0.3 is 10.3 Å². The van der Waals surface area contributed by atoms with Crippen molar-refractivity contribution in [2.24, 2.45) is 5.92 Å². The highest BCUT2D eigenvalue weighted by molar-refractivity contribution is 8.48. The van der Waals surface area contributed by atoms with Crippen LogP contribution in [0.15, 0.2) is 11.5 Å². The van der Waals surface area contributed by atoms with Crippen LogP contribution in [-0.2, 0) is 9.53 Å². The second-order valence-corrected chi connectivity index (χ2v) is 7.52. The van der Waals surface area contributed by atoms with Crippen LogP contribution < -0.4 is 0 Å². The highest BCUT2D eigenvalue weighted by Crippen LogP contribution is 2.99. The molecule has 0 aliphatic heterocycles. The lowest BCUT2D eigenvalue weighted by molar-refractivity contribution is -0.145. The Morgan fingerprint density at radius 3 is 2.26 bits per heavy atom. The molecule has 23 heavy (non-hydrogen) atoms. The predicted molar refractivity (Wildman–Crippen MR) is 73.0 cm³/mol. The number of halogens is 5. The van der Waals surface area contributed by atoms with Crippen molar-refractivity contribution in [3.8, 4) is 6.07 Å². The maximum atomic E-state index is 12.4. The van der Waals surface area contributed by atoms with Gasteiger partial charge in [-0.15, -0.1) is 4.79 Å². The van der Waals surface area contributed by atoms with E-state index in [4.69, 9.17) is 10.8 Å². The number of hydrogen-bond acceptors (Lipinski definition) is 3. The molecule has 0 N–H and O–H groups in total. The summed E-state index contributed by atoms with van der Waals surface area (Å²) in [5, 5.41) is 7.35. The van der Waals surface area contributed by atoms with Gasteiger partial charge in [0, 0.05) is 0 Å². The smallest absolute Gasteiger partial charge is 0.448 e. The summed E-state index contributed by atoms with van der Waals surface area (Å²) >= 11 is 0. The Labute approximate surface area is 129 Å². The molecule has 5 nitrogen and oxygen atoms in total. The molecule has 0 heterocycles. The van der Waals surface area contributed by atoms with Gasteiger partial charge in [0.25, 0.3) is 0 Å². The zero-order chi connectivity index (χ0) is 17.8. The Morgan fingerprint density at radius 2 is 1.83 bits per heavy atom.